The molecule has 0 spiro atoms. The number of nitrogens with zero attached hydrogens (tertiary/aromatic N) is 4. The summed E-state index contributed by atoms with van der Waals surface area (Å²) in [5, 5.41) is 0.589. The lowest BCUT2D eigenvalue weighted by Gasteiger charge is -2.05. The third kappa shape index (κ3) is 3.32. The zero-order valence-electron chi connectivity index (χ0n) is 11.2. The number of nitrogens with two attached hydrogens (primary N) is 2. The fourth-order valence-corrected chi connectivity index (χ4v) is 2.68. The van der Waals surface area contributed by atoms with E-state index in [4.69, 9.17) is 11.5 Å². The Morgan fingerprint density at radius 3 is 2.38 bits per heavy atom. The highest BCUT2D eigenvalue weighted by molar-refractivity contribution is 7.98. The van der Waals surface area contributed by atoms with Crippen molar-refractivity contribution < 1.29 is 0 Å². The van der Waals surface area contributed by atoms with Gasteiger partial charge < -0.3 is 16.0 Å². The lowest BCUT2D eigenvalue weighted by molar-refractivity contribution is 0.984. The number of aromatic nitrogens is 4. The molecule has 4 N–H and O–H groups in total. The highest BCUT2D eigenvalue weighted by Crippen LogP contribution is 2.21. The van der Waals surface area contributed by atoms with Crippen molar-refractivity contribution in [2.75, 3.05) is 11.5 Å². The number of hydrogen-bond acceptors (Lipinski definition) is 6. The van der Waals surface area contributed by atoms with Crippen LogP contribution in [0.1, 0.15) is 5.56 Å². The van der Waals surface area contributed by atoms with Crippen LogP contribution in [0.3, 0.4) is 0 Å². The van der Waals surface area contributed by atoms with Crippen LogP contribution in [0, 0.1) is 0 Å². The second-order valence-electron chi connectivity index (χ2n) is 4.43. The Labute approximate surface area is 126 Å². The molecule has 3 aromatic rings. The molecular formula is C14H14N6S. The molecule has 0 radical (unpaired) electrons. The topological polar surface area (TPSA) is 95.6 Å². The van der Waals surface area contributed by atoms with Gasteiger partial charge in [-0.05, 0) is 17.7 Å². The Morgan fingerprint density at radius 1 is 1.05 bits per heavy atom. The van der Waals surface area contributed by atoms with Crippen molar-refractivity contribution in [3.63, 3.8) is 0 Å². The minimum atomic E-state index is 0.389. The molecule has 6 nitrogen and oxygen atoms in total. The van der Waals surface area contributed by atoms with Crippen LogP contribution in [0.15, 0.2) is 54.2 Å². The molecule has 7 heteroatoms. The van der Waals surface area contributed by atoms with Crippen molar-refractivity contribution >= 4 is 23.4 Å². The minimum absolute atomic E-state index is 0.389. The van der Waals surface area contributed by atoms with Gasteiger partial charge in [0.15, 0.2) is 5.16 Å². The molecule has 0 aliphatic carbocycles. The molecule has 0 bridgehead atoms. The van der Waals surface area contributed by atoms with Crippen LogP contribution < -0.4 is 11.5 Å². The van der Waals surface area contributed by atoms with Gasteiger partial charge in [0.1, 0.15) is 11.6 Å². The van der Waals surface area contributed by atoms with Crippen LogP contribution in [0.25, 0.3) is 5.69 Å². The standard InChI is InChI=1S/C14H14N6S/c15-12-7-13(16)19-14(18-12)21-8-10-1-3-11(4-2-10)20-6-5-17-9-20/h1-7,9H,8H2,(H4,15,16,18,19). The first-order chi connectivity index (χ1) is 10.2. The van der Waals surface area contributed by atoms with Gasteiger partial charge in [-0.25, -0.2) is 15.0 Å². The summed E-state index contributed by atoms with van der Waals surface area (Å²) in [6.45, 7) is 0. The van der Waals surface area contributed by atoms with E-state index in [0.717, 1.165) is 11.4 Å². The number of thioether (sulfide) groups is 1. The number of hydrogen-bond donors (Lipinski definition) is 2. The number of anilines is 2. The summed E-state index contributed by atoms with van der Waals surface area (Å²) in [5.41, 5.74) is 13.5. The molecule has 0 saturated carbocycles. The monoisotopic (exact) mass is 298 g/mol. The first-order valence-corrected chi connectivity index (χ1v) is 7.29. The Bertz CT molecular complexity index is 703. The van der Waals surface area contributed by atoms with Crippen molar-refractivity contribution in [3.8, 4) is 5.69 Å². The molecule has 1 aromatic carbocycles. The maximum absolute atomic E-state index is 5.65. The first kappa shape index (κ1) is 13.4. The summed E-state index contributed by atoms with van der Waals surface area (Å²) >= 11 is 1.50. The van der Waals surface area contributed by atoms with Crippen molar-refractivity contribution in [2.24, 2.45) is 0 Å². The number of benzene rings is 1. The van der Waals surface area contributed by atoms with Gasteiger partial charge in [0.05, 0.1) is 6.33 Å². The molecule has 0 aliphatic heterocycles. The van der Waals surface area contributed by atoms with E-state index in [1.807, 2.05) is 22.9 Å². The Hall–Kier alpha value is -2.54. The van der Waals surface area contributed by atoms with Crippen molar-refractivity contribution in [1.29, 1.82) is 0 Å². The lowest BCUT2D eigenvalue weighted by atomic mass is 10.2. The van der Waals surface area contributed by atoms with Crippen LogP contribution in [0.4, 0.5) is 11.6 Å². The van der Waals surface area contributed by atoms with Gasteiger partial charge in [-0.3, -0.25) is 0 Å². The molecule has 21 heavy (non-hydrogen) atoms. The summed E-state index contributed by atoms with van der Waals surface area (Å²) in [5.74, 6) is 1.54. The smallest absolute Gasteiger partial charge is 0.191 e. The van der Waals surface area contributed by atoms with Crippen LogP contribution in [-0.2, 0) is 5.75 Å². The first-order valence-electron chi connectivity index (χ1n) is 6.31. The minimum Gasteiger partial charge on any atom is -0.383 e. The molecule has 106 valence electrons. The molecule has 2 heterocycles. The van der Waals surface area contributed by atoms with Crippen LogP contribution in [0.2, 0.25) is 0 Å². The quantitative estimate of drug-likeness (QED) is 0.566. The maximum Gasteiger partial charge on any atom is 0.191 e. The average Bonchev–Trinajstić information content (AvgIpc) is 2.99. The van der Waals surface area contributed by atoms with Gasteiger partial charge >= 0.3 is 0 Å². The van der Waals surface area contributed by atoms with E-state index in [2.05, 4.69) is 27.1 Å². The lowest BCUT2D eigenvalue weighted by Crippen LogP contribution is -1.99. The fourth-order valence-electron chi connectivity index (χ4n) is 1.85. The van der Waals surface area contributed by atoms with E-state index < -0.39 is 0 Å². The summed E-state index contributed by atoms with van der Waals surface area (Å²) in [6.07, 6.45) is 5.44. The van der Waals surface area contributed by atoms with E-state index in [-0.39, 0.29) is 0 Å². The van der Waals surface area contributed by atoms with E-state index in [0.29, 0.717) is 16.8 Å². The average molecular weight is 298 g/mol. The van der Waals surface area contributed by atoms with Crippen LogP contribution in [-0.4, -0.2) is 19.5 Å². The van der Waals surface area contributed by atoms with Crippen molar-refractivity contribution in [3.05, 3.63) is 54.6 Å². The van der Waals surface area contributed by atoms with E-state index in [1.165, 1.54) is 17.3 Å². The zero-order valence-corrected chi connectivity index (χ0v) is 12.0. The van der Waals surface area contributed by atoms with E-state index in [1.54, 1.807) is 18.6 Å². The molecule has 0 amide bonds. The third-order valence-corrected chi connectivity index (χ3v) is 3.77. The van der Waals surface area contributed by atoms with Crippen molar-refractivity contribution in [2.45, 2.75) is 10.9 Å². The van der Waals surface area contributed by atoms with Gasteiger partial charge in [-0.1, -0.05) is 23.9 Å². The Morgan fingerprint density at radius 2 is 1.76 bits per heavy atom. The molecular weight excluding hydrogens is 284 g/mol. The Kier molecular flexibility index (Phi) is 3.74. The van der Waals surface area contributed by atoms with Gasteiger partial charge in [-0.15, -0.1) is 0 Å². The highest BCUT2D eigenvalue weighted by atomic mass is 32.2. The second kappa shape index (κ2) is 5.84. The second-order valence-corrected chi connectivity index (χ2v) is 5.37. The molecule has 0 saturated heterocycles. The number of rotatable bonds is 4. The molecule has 3 rings (SSSR count). The highest BCUT2D eigenvalue weighted by Gasteiger charge is 2.03. The maximum atomic E-state index is 5.65. The van der Waals surface area contributed by atoms with Gasteiger partial charge in [0.25, 0.3) is 0 Å². The van der Waals surface area contributed by atoms with Crippen LogP contribution >= 0.6 is 11.8 Å². The summed E-state index contributed by atoms with van der Waals surface area (Å²) in [4.78, 5) is 12.3. The predicted molar refractivity (Wildman–Crippen MR) is 84.0 cm³/mol. The Balaban J connectivity index is 1.68. The SMILES string of the molecule is Nc1cc(N)nc(SCc2ccc(-n3ccnc3)cc2)n1. The van der Waals surface area contributed by atoms with Crippen molar-refractivity contribution in [1.82, 2.24) is 19.5 Å². The summed E-state index contributed by atoms with van der Waals surface area (Å²) < 4.78 is 1.96. The number of nitrogen functional groups attached to an aromatic ring is 2. The normalized spacial score (nSPS) is 10.7. The molecule has 0 aliphatic rings. The van der Waals surface area contributed by atoms with Crippen LogP contribution in [0.5, 0.6) is 0 Å². The number of imidazole rings is 1. The predicted octanol–water partition coefficient (Wildman–Crippen LogP) is 2.12. The third-order valence-electron chi connectivity index (χ3n) is 2.85. The zero-order chi connectivity index (χ0) is 14.7. The van der Waals surface area contributed by atoms with E-state index in [9.17, 15) is 0 Å². The van der Waals surface area contributed by atoms with E-state index >= 15 is 0 Å². The molecule has 2 aromatic heterocycles. The van der Waals surface area contributed by atoms with Gasteiger partial charge in [-0.2, -0.15) is 0 Å². The summed E-state index contributed by atoms with van der Waals surface area (Å²) in [6, 6.07) is 9.78. The largest absolute Gasteiger partial charge is 0.383 e. The molecule has 0 fully saturated rings. The van der Waals surface area contributed by atoms with Gasteiger partial charge in [0, 0.05) is 29.9 Å². The molecule has 0 atom stereocenters. The fraction of sp³-hybridized carbons (Fsp3) is 0.0714. The van der Waals surface area contributed by atoms with Gasteiger partial charge in [0.2, 0.25) is 0 Å². The molecule has 0 unspecified atom stereocenters. The summed E-state index contributed by atoms with van der Waals surface area (Å²) in [7, 11) is 0.